The van der Waals surface area contributed by atoms with Crippen LogP contribution in [0.2, 0.25) is 0 Å². The van der Waals surface area contributed by atoms with Crippen molar-refractivity contribution in [1.29, 1.82) is 0 Å². The zero-order chi connectivity index (χ0) is 16.1. The van der Waals surface area contributed by atoms with E-state index in [1.165, 1.54) is 6.92 Å². The molecule has 1 aromatic carbocycles. The Hall–Kier alpha value is -2.37. The molecule has 1 atom stereocenters. The van der Waals surface area contributed by atoms with E-state index < -0.39 is 12.1 Å². The highest BCUT2D eigenvalue weighted by Gasteiger charge is 2.23. The van der Waals surface area contributed by atoms with Gasteiger partial charge in [0.2, 0.25) is 5.91 Å². The fraction of sp³-hybridized carbons (Fsp3) is 0.438. The van der Waals surface area contributed by atoms with Gasteiger partial charge in [0.05, 0.1) is 5.56 Å². The molecule has 1 heterocycles. The number of amides is 2. The Bertz CT molecular complexity index is 585. The second kappa shape index (κ2) is 7.06. The maximum Gasteiger partial charge on any atom is 0.338 e. The molecule has 1 aliphatic heterocycles. The van der Waals surface area contributed by atoms with Gasteiger partial charge in [-0.05, 0) is 38.5 Å². The zero-order valence-electron chi connectivity index (χ0n) is 12.8. The first-order chi connectivity index (χ1) is 10.5. The number of hydrogen-bond acceptors (Lipinski definition) is 4. The third-order valence-corrected chi connectivity index (χ3v) is 3.47. The lowest BCUT2D eigenvalue weighted by Crippen LogP contribution is -2.35. The Morgan fingerprint density at radius 3 is 2.82 bits per heavy atom. The number of hydrogen-bond donors (Lipinski definition) is 1. The highest BCUT2D eigenvalue weighted by Crippen LogP contribution is 2.22. The topological polar surface area (TPSA) is 75.7 Å². The molecule has 6 nitrogen and oxygen atoms in total. The molecule has 1 aromatic rings. The van der Waals surface area contributed by atoms with Crippen molar-refractivity contribution in [3.63, 3.8) is 0 Å². The van der Waals surface area contributed by atoms with Crippen LogP contribution in [0.3, 0.4) is 0 Å². The monoisotopic (exact) mass is 304 g/mol. The van der Waals surface area contributed by atoms with E-state index in [0.717, 1.165) is 6.42 Å². The number of esters is 1. The Morgan fingerprint density at radius 2 is 2.18 bits per heavy atom. The number of benzene rings is 1. The Labute approximate surface area is 129 Å². The van der Waals surface area contributed by atoms with Gasteiger partial charge >= 0.3 is 5.97 Å². The van der Waals surface area contributed by atoms with E-state index >= 15 is 0 Å². The van der Waals surface area contributed by atoms with Crippen molar-refractivity contribution in [2.75, 3.05) is 18.0 Å². The predicted octanol–water partition coefficient (Wildman–Crippen LogP) is 1.49. The van der Waals surface area contributed by atoms with Crippen LogP contribution in [0.1, 0.15) is 37.0 Å². The van der Waals surface area contributed by atoms with E-state index in [4.69, 9.17) is 4.74 Å². The van der Waals surface area contributed by atoms with Crippen LogP contribution in [0.25, 0.3) is 0 Å². The van der Waals surface area contributed by atoms with Gasteiger partial charge in [0.1, 0.15) is 0 Å². The van der Waals surface area contributed by atoms with E-state index in [1.54, 1.807) is 36.1 Å². The lowest BCUT2D eigenvalue weighted by Gasteiger charge is -2.17. The van der Waals surface area contributed by atoms with Crippen LogP contribution in [0, 0.1) is 0 Å². The summed E-state index contributed by atoms with van der Waals surface area (Å²) in [4.78, 5) is 37.1. The summed E-state index contributed by atoms with van der Waals surface area (Å²) in [5, 5.41) is 2.60. The number of nitrogens with one attached hydrogen (secondary N) is 1. The van der Waals surface area contributed by atoms with E-state index in [1.807, 2.05) is 0 Å². The fourth-order valence-electron chi connectivity index (χ4n) is 2.32. The first kappa shape index (κ1) is 16.0. The molecule has 2 rings (SSSR count). The summed E-state index contributed by atoms with van der Waals surface area (Å²) in [7, 11) is 0. The molecule has 22 heavy (non-hydrogen) atoms. The van der Waals surface area contributed by atoms with Crippen molar-refractivity contribution in [3.05, 3.63) is 29.8 Å². The minimum Gasteiger partial charge on any atom is -0.449 e. The number of anilines is 1. The molecule has 0 spiro atoms. The summed E-state index contributed by atoms with van der Waals surface area (Å²) in [6.07, 6.45) is 0.495. The molecule has 1 saturated heterocycles. The molecule has 2 amide bonds. The van der Waals surface area contributed by atoms with Gasteiger partial charge in [-0.15, -0.1) is 0 Å². The number of carbonyl (C=O) groups is 3. The van der Waals surface area contributed by atoms with Gasteiger partial charge in [-0.25, -0.2) is 4.79 Å². The highest BCUT2D eigenvalue weighted by atomic mass is 16.5. The summed E-state index contributed by atoms with van der Waals surface area (Å²) in [6.45, 7) is 4.46. The van der Waals surface area contributed by atoms with Crippen LogP contribution in [0.4, 0.5) is 5.69 Å². The average Bonchev–Trinajstić information content (AvgIpc) is 2.93. The average molecular weight is 304 g/mol. The smallest absolute Gasteiger partial charge is 0.338 e. The summed E-state index contributed by atoms with van der Waals surface area (Å²) >= 11 is 0. The molecular weight excluding hydrogens is 284 g/mol. The number of ether oxygens (including phenoxy) is 1. The quantitative estimate of drug-likeness (QED) is 0.836. The van der Waals surface area contributed by atoms with E-state index in [9.17, 15) is 14.4 Å². The molecule has 0 aromatic heterocycles. The zero-order valence-corrected chi connectivity index (χ0v) is 12.8. The second-order valence-electron chi connectivity index (χ2n) is 5.14. The number of carbonyl (C=O) groups excluding carboxylic acids is 3. The number of nitrogens with zero attached hydrogens (tertiary/aromatic N) is 1. The minimum absolute atomic E-state index is 0.0567. The lowest BCUT2D eigenvalue weighted by molar-refractivity contribution is -0.129. The van der Waals surface area contributed by atoms with E-state index in [0.29, 0.717) is 30.8 Å². The van der Waals surface area contributed by atoms with Crippen molar-refractivity contribution >= 4 is 23.5 Å². The Morgan fingerprint density at radius 1 is 1.41 bits per heavy atom. The van der Waals surface area contributed by atoms with Crippen molar-refractivity contribution in [2.45, 2.75) is 32.8 Å². The van der Waals surface area contributed by atoms with Gasteiger partial charge in [0.15, 0.2) is 6.10 Å². The molecule has 1 N–H and O–H groups in total. The van der Waals surface area contributed by atoms with Gasteiger partial charge in [-0.2, -0.15) is 0 Å². The van der Waals surface area contributed by atoms with Gasteiger partial charge in [0, 0.05) is 25.2 Å². The van der Waals surface area contributed by atoms with Crippen molar-refractivity contribution < 1.29 is 19.1 Å². The second-order valence-corrected chi connectivity index (χ2v) is 5.14. The van der Waals surface area contributed by atoms with E-state index in [2.05, 4.69) is 5.32 Å². The number of rotatable bonds is 5. The Kier molecular flexibility index (Phi) is 5.14. The van der Waals surface area contributed by atoms with E-state index in [-0.39, 0.29) is 11.8 Å². The maximum absolute atomic E-state index is 12.1. The van der Waals surface area contributed by atoms with Gasteiger partial charge < -0.3 is 15.0 Å². The maximum atomic E-state index is 12.1. The molecule has 118 valence electrons. The standard InChI is InChI=1S/C16H20N2O4/c1-3-17-15(20)11(2)22-16(21)12-6-4-7-13(10-12)18-9-5-8-14(18)19/h4,6-7,10-11H,3,5,8-9H2,1-2H3,(H,17,20)/t11-/m0/s1. The largest absolute Gasteiger partial charge is 0.449 e. The van der Waals surface area contributed by atoms with Crippen LogP contribution in [-0.2, 0) is 14.3 Å². The summed E-state index contributed by atoms with van der Waals surface area (Å²) in [5.41, 5.74) is 1.01. The molecular formula is C16H20N2O4. The van der Waals surface area contributed by atoms with Crippen LogP contribution in [0.15, 0.2) is 24.3 Å². The van der Waals surface area contributed by atoms with Crippen molar-refractivity contribution in [1.82, 2.24) is 5.32 Å². The van der Waals surface area contributed by atoms with Crippen molar-refractivity contribution in [3.8, 4) is 0 Å². The summed E-state index contributed by atoms with van der Waals surface area (Å²) in [5.74, 6) is -0.852. The molecule has 0 radical (unpaired) electrons. The third-order valence-electron chi connectivity index (χ3n) is 3.47. The number of likely N-dealkylation sites (N-methyl/N-ethyl adjacent to an activating group) is 1. The SMILES string of the molecule is CCNC(=O)[C@H](C)OC(=O)c1cccc(N2CCCC2=O)c1. The van der Waals surface area contributed by atoms with Gasteiger partial charge in [0.25, 0.3) is 5.91 Å². The highest BCUT2D eigenvalue weighted by molar-refractivity contribution is 5.98. The van der Waals surface area contributed by atoms with Crippen LogP contribution in [0.5, 0.6) is 0 Å². The lowest BCUT2D eigenvalue weighted by atomic mass is 10.2. The molecule has 1 aliphatic rings. The first-order valence-corrected chi connectivity index (χ1v) is 7.42. The minimum atomic E-state index is -0.857. The van der Waals surface area contributed by atoms with Crippen LogP contribution < -0.4 is 10.2 Å². The predicted molar refractivity (Wildman–Crippen MR) is 81.6 cm³/mol. The van der Waals surface area contributed by atoms with Crippen LogP contribution in [-0.4, -0.2) is 37.0 Å². The fourth-order valence-corrected chi connectivity index (χ4v) is 2.32. The molecule has 0 saturated carbocycles. The third kappa shape index (κ3) is 3.63. The first-order valence-electron chi connectivity index (χ1n) is 7.42. The van der Waals surface area contributed by atoms with Crippen LogP contribution >= 0.6 is 0 Å². The van der Waals surface area contributed by atoms with Gasteiger partial charge in [-0.3, -0.25) is 9.59 Å². The van der Waals surface area contributed by atoms with Crippen molar-refractivity contribution in [2.24, 2.45) is 0 Å². The molecule has 0 bridgehead atoms. The molecule has 0 unspecified atom stereocenters. The van der Waals surface area contributed by atoms with Gasteiger partial charge in [-0.1, -0.05) is 6.07 Å². The summed E-state index contributed by atoms with van der Waals surface area (Å²) in [6, 6.07) is 6.72. The normalized spacial score (nSPS) is 15.5. The molecule has 1 fully saturated rings. The Balaban J connectivity index is 2.07. The molecule has 0 aliphatic carbocycles. The summed E-state index contributed by atoms with van der Waals surface area (Å²) < 4.78 is 5.14. The molecule has 6 heteroatoms.